The number of rotatable bonds is 9. The Bertz CT molecular complexity index is 1210. The number of benzene rings is 1. The molecule has 2 heterocycles. The van der Waals surface area contributed by atoms with Crippen molar-refractivity contribution < 1.29 is 19.5 Å². The highest BCUT2D eigenvalue weighted by atomic mass is 32.1. The Morgan fingerprint density at radius 3 is 2.43 bits per heavy atom. The van der Waals surface area contributed by atoms with Crippen molar-refractivity contribution in [2.45, 2.75) is 45.3 Å². The summed E-state index contributed by atoms with van der Waals surface area (Å²) in [6.07, 6.45) is 3.85. The lowest BCUT2D eigenvalue weighted by Crippen LogP contribution is -2.50. The number of nitrogens with zero attached hydrogens (tertiary/aromatic N) is 3. The molecule has 3 aromatic rings. The third-order valence-corrected chi connectivity index (χ3v) is 6.46. The van der Waals surface area contributed by atoms with Gasteiger partial charge >= 0.3 is 0 Å². The number of primary amides is 1. The van der Waals surface area contributed by atoms with Gasteiger partial charge in [0.1, 0.15) is 16.7 Å². The SMILES string of the molecule is CCC(C)(C)NC(=O)[C@H](c1ccc(O)cc1)N(Cc1cccnc1)C(=O)c1snc(C(N)=O)c1N. The second kappa shape index (κ2) is 10.5. The second-order valence-electron chi connectivity index (χ2n) is 8.65. The van der Waals surface area contributed by atoms with Gasteiger partial charge in [0, 0.05) is 24.5 Å². The zero-order valence-electron chi connectivity index (χ0n) is 19.7. The van der Waals surface area contributed by atoms with Gasteiger partial charge in [-0.15, -0.1) is 0 Å². The lowest BCUT2D eigenvalue weighted by molar-refractivity contribution is -0.127. The highest BCUT2D eigenvalue weighted by Gasteiger charge is 2.36. The van der Waals surface area contributed by atoms with Crippen LogP contribution in [0.25, 0.3) is 0 Å². The number of aromatic nitrogens is 2. The van der Waals surface area contributed by atoms with E-state index in [1.54, 1.807) is 36.7 Å². The highest BCUT2D eigenvalue weighted by Crippen LogP contribution is 2.31. The minimum absolute atomic E-state index is 0.00554. The molecule has 0 bridgehead atoms. The number of hydrogen-bond donors (Lipinski definition) is 4. The van der Waals surface area contributed by atoms with E-state index in [1.165, 1.54) is 17.0 Å². The maximum Gasteiger partial charge on any atom is 0.270 e. The van der Waals surface area contributed by atoms with Crippen molar-refractivity contribution in [3.05, 3.63) is 70.5 Å². The van der Waals surface area contributed by atoms with E-state index in [0.717, 1.165) is 11.5 Å². The van der Waals surface area contributed by atoms with Crippen LogP contribution in [0.15, 0.2) is 48.8 Å². The van der Waals surface area contributed by atoms with Gasteiger partial charge in [0.2, 0.25) is 5.91 Å². The summed E-state index contributed by atoms with van der Waals surface area (Å²) >= 11 is 0.742. The average Bonchev–Trinajstić information content (AvgIpc) is 3.21. The van der Waals surface area contributed by atoms with E-state index in [1.807, 2.05) is 20.8 Å². The summed E-state index contributed by atoms with van der Waals surface area (Å²) in [5.41, 5.74) is 11.6. The Labute approximate surface area is 207 Å². The van der Waals surface area contributed by atoms with Crippen LogP contribution < -0.4 is 16.8 Å². The maximum atomic E-state index is 13.8. The molecule has 1 aromatic carbocycles. The zero-order valence-corrected chi connectivity index (χ0v) is 20.5. The lowest BCUT2D eigenvalue weighted by atomic mass is 9.98. The van der Waals surface area contributed by atoms with Crippen LogP contribution in [0.1, 0.15) is 64.5 Å². The predicted molar refractivity (Wildman–Crippen MR) is 133 cm³/mol. The first-order valence-electron chi connectivity index (χ1n) is 10.9. The molecule has 0 unspecified atom stereocenters. The normalized spacial score (nSPS) is 12.1. The van der Waals surface area contributed by atoms with E-state index in [-0.39, 0.29) is 28.6 Å². The van der Waals surface area contributed by atoms with Gasteiger partial charge in [-0.2, -0.15) is 4.37 Å². The van der Waals surface area contributed by atoms with Gasteiger partial charge in [-0.05, 0) is 61.1 Å². The molecule has 0 spiro atoms. The largest absolute Gasteiger partial charge is 0.508 e. The van der Waals surface area contributed by atoms with Crippen molar-refractivity contribution in [3.8, 4) is 5.75 Å². The fraction of sp³-hybridized carbons (Fsp3) is 0.292. The van der Waals surface area contributed by atoms with Crippen molar-refractivity contribution in [2.75, 3.05) is 5.73 Å². The van der Waals surface area contributed by atoms with E-state index < -0.39 is 29.3 Å². The summed E-state index contributed by atoms with van der Waals surface area (Å²) in [6, 6.07) is 8.45. The predicted octanol–water partition coefficient (Wildman–Crippen LogP) is 2.61. The van der Waals surface area contributed by atoms with Crippen molar-refractivity contribution in [1.82, 2.24) is 19.6 Å². The van der Waals surface area contributed by atoms with Gasteiger partial charge < -0.3 is 26.8 Å². The number of aromatic hydroxyl groups is 1. The van der Waals surface area contributed by atoms with Gasteiger partial charge in [0.15, 0.2) is 5.69 Å². The Morgan fingerprint density at radius 1 is 1.20 bits per heavy atom. The number of hydrogen-bond acceptors (Lipinski definition) is 8. The molecule has 3 rings (SSSR count). The lowest BCUT2D eigenvalue weighted by Gasteiger charge is -2.34. The third-order valence-electron chi connectivity index (χ3n) is 5.61. The summed E-state index contributed by atoms with van der Waals surface area (Å²) in [4.78, 5) is 44.6. The molecule has 0 saturated carbocycles. The first-order valence-corrected chi connectivity index (χ1v) is 11.7. The minimum Gasteiger partial charge on any atom is -0.508 e. The van der Waals surface area contributed by atoms with Gasteiger partial charge in [-0.1, -0.05) is 25.1 Å². The molecule has 0 aliphatic carbocycles. The van der Waals surface area contributed by atoms with E-state index in [2.05, 4.69) is 14.7 Å². The number of anilines is 1. The molecular weight excluding hydrogens is 468 g/mol. The van der Waals surface area contributed by atoms with Gasteiger partial charge in [0.25, 0.3) is 11.8 Å². The fourth-order valence-electron chi connectivity index (χ4n) is 3.35. The van der Waals surface area contributed by atoms with Crippen LogP contribution in [0.2, 0.25) is 0 Å². The number of carbonyl (C=O) groups is 3. The number of nitrogen functional groups attached to an aromatic ring is 1. The molecular formula is C24H28N6O4S. The molecule has 11 heteroatoms. The summed E-state index contributed by atoms with van der Waals surface area (Å²) < 4.78 is 3.94. The number of phenolic OH excluding ortho intramolecular Hbond substituents is 1. The second-order valence-corrected chi connectivity index (χ2v) is 9.43. The molecule has 184 valence electrons. The van der Waals surface area contributed by atoms with Crippen molar-refractivity contribution >= 4 is 34.9 Å². The van der Waals surface area contributed by atoms with Gasteiger partial charge in [-0.25, -0.2) is 0 Å². The molecule has 0 fully saturated rings. The number of amides is 3. The quantitative estimate of drug-likeness (QED) is 0.353. The maximum absolute atomic E-state index is 13.8. The van der Waals surface area contributed by atoms with Crippen LogP contribution >= 0.6 is 11.5 Å². The van der Waals surface area contributed by atoms with Crippen LogP contribution in [-0.4, -0.2) is 42.6 Å². The summed E-state index contributed by atoms with van der Waals surface area (Å²) in [5.74, 6) is -1.85. The Kier molecular flexibility index (Phi) is 7.70. The fourth-order valence-corrected chi connectivity index (χ4v) is 4.11. The van der Waals surface area contributed by atoms with Crippen molar-refractivity contribution in [2.24, 2.45) is 5.73 Å². The third kappa shape index (κ3) is 5.93. The molecule has 35 heavy (non-hydrogen) atoms. The molecule has 6 N–H and O–H groups in total. The Balaban J connectivity index is 2.15. The average molecular weight is 497 g/mol. The number of phenols is 1. The number of carbonyl (C=O) groups excluding carboxylic acids is 3. The molecule has 2 aromatic heterocycles. The van der Waals surface area contributed by atoms with E-state index in [0.29, 0.717) is 17.5 Å². The summed E-state index contributed by atoms with van der Waals surface area (Å²) in [6.45, 7) is 5.72. The molecule has 0 radical (unpaired) electrons. The monoisotopic (exact) mass is 496 g/mol. The molecule has 3 amide bonds. The standard InChI is InChI=1S/C24H28N6O4S/c1-4-24(2,3)28-22(33)19(15-7-9-16(31)10-8-15)30(13-14-6-5-11-27-12-14)23(34)20-17(25)18(21(26)32)29-35-20/h5-12,19,31H,4,13,25H2,1-3H3,(H2,26,32)(H,28,33)/t19-/m0/s1. The number of pyridine rings is 1. The number of nitrogens with one attached hydrogen (secondary N) is 1. The molecule has 1 atom stereocenters. The van der Waals surface area contributed by atoms with E-state index >= 15 is 0 Å². The van der Waals surface area contributed by atoms with Gasteiger partial charge in [0.05, 0.1) is 5.69 Å². The molecule has 0 saturated heterocycles. The summed E-state index contributed by atoms with van der Waals surface area (Å²) in [7, 11) is 0. The van der Waals surface area contributed by atoms with Crippen LogP contribution in [0.3, 0.4) is 0 Å². The first-order chi connectivity index (χ1) is 16.5. The van der Waals surface area contributed by atoms with Crippen LogP contribution in [-0.2, 0) is 11.3 Å². The highest BCUT2D eigenvalue weighted by molar-refractivity contribution is 7.09. The first kappa shape index (κ1) is 25.6. The van der Waals surface area contributed by atoms with E-state index in [4.69, 9.17) is 11.5 Å². The molecule has 10 nitrogen and oxygen atoms in total. The van der Waals surface area contributed by atoms with Gasteiger partial charge in [-0.3, -0.25) is 19.4 Å². The van der Waals surface area contributed by atoms with Crippen LogP contribution in [0, 0.1) is 0 Å². The smallest absolute Gasteiger partial charge is 0.270 e. The number of nitrogens with two attached hydrogens (primary N) is 2. The topological polar surface area (TPSA) is 165 Å². The van der Waals surface area contributed by atoms with Crippen molar-refractivity contribution in [3.63, 3.8) is 0 Å². The Hall–Kier alpha value is -3.99. The van der Waals surface area contributed by atoms with Crippen LogP contribution in [0.5, 0.6) is 5.75 Å². The van der Waals surface area contributed by atoms with Crippen molar-refractivity contribution in [1.29, 1.82) is 0 Å². The zero-order chi connectivity index (χ0) is 25.8. The molecule has 0 aliphatic heterocycles. The van der Waals surface area contributed by atoms with E-state index in [9.17, 15) is 19.5 Å². The molecule has 0 aliphatic rings. The van der Waals surface area contributed by atoms with Crippen LogP contribution in [0.4, 0.5) is 5.69 Å². The minimum atomic E-state index is -1.09. The summed E-state index contributed by atoms with van der Waals surface area (Å²) in [5, 5.41) is 12.8. The Morgan fingerprint density at radius 2 is 1.89 bits per heavy atom.